The molecular weight excluding hydrogens is 335 g/mol. The van der Waals surface area contributed by atoms with E-state index >= 15 is 0 Å². The number of nitrogens with one attached hydrogen (secondary N) is 2. The van der Waals surface area contributed by atoms with E-state index in [2.05, 4.69) is 10.6 Å². The monoisotopic (exact) mass is 356 g/mol. The van der Waals surface area contributed by atoms with Crippen molar-refractivity contribution >= 4 is 23.3 Å². The molecule has 0 aromatic heterocycles. The van der Waals surface area contributed by atoms with Crippen LogP contribution in [0.2, 0.25) is 0 Å². The van der Waals surface area contributed by atoms with Crippen LogP contribution in [0, 0.1) is 11.2 Å². The van der Waals surface area contributed by atoms with E-state index in [1.807, 2.05) is 0 Å². The molecule has 2 rings (SSSR count). The minimum Gasteiger partial charge on any atom is -0.351 e. The van der Waals surface area contributed by atoms with Gasteiger partial charge in [-0.05, 0) is 39.0 Å². The first-order chi connectivity index (χ1) is 12.2. The Kier molecular flexibility index (Phi) is 5.87. The van der Waals surface area contributed by atoms with Crippen molar-refractivity contribution < 1.29 is 18.8 Å². The maximum absolute atomic E-state index is 13.6. The first-order valence-electron chi connectivity index (χ1n) is 8.16. The van der Waals surface area contributed by atoms with Crippen LogP contribution in [-0.4, -0.2) is 17.6 Å². The lowest BCUT2D eigenvalue weighted by atomic mass is 9.90. The van der Waals surface area contributed by atoms with Crippen molar-refractivity contribution in [3.05, 3.63) is 65.5 Å². The number of rotatable bonds is 6. The zero-order valence-corrected chi connectivity index (χ0v) is 14.9. The zero-order chi connectivity index (χ0) is 19.3. The van der Waals surface area contributed by atoms with Crippen LogP contribution in [0.5, 0.6) is 0 Å². The maximum atomic E-state index is 13.6. The molecule has 0 spiro atoms. The van der Waals surface area contributed by atoms with Gasteiger partial charge in [0, 0.05) is 23.4 Å². The molecule has 26 heavy (non-hydrogen) atoms. The highest BCUT2D eigenvalue weighted by Gasteiger charge is 2.36. The van der Waals surface area contributed by atoms with E-state index in [9.17, 15) is 18.8 Å². The van der Waals surface area contributed by atoms with Crippen LogP contribution in [0.15, 0.2) is 48.5 Å². The van der Waals surface area contributed by atoms with Crippen molar-refractivity contribution in [2.45, 2.75) is 27.3 Å². The molecule has 0 unspecified atom stereocenters. The first kappa shape index (κ1) is 19.3. The summed E-state index contributed by atoms with van der Waals surface area (Å²) in [6, 6.07) is 12.6. The predicted molar refractivity (Wildman–Crippen MR) is 97.1 cm³/mol. The third-order valence-corrected chi connectivity index (χ3v) is 4.06. The Morgan fingerprint density at radius 2 is 1.69 bits per heavy atom. The second-order valence-electron chi connectivity index (χ2n) is 6.49. The summed E-state index contributed by atoms with van der Waals surface area (Å²) in [6.45, 7) is 4.38. The van der Waals surface area contributed by atoms with Gasteiger partial charge in [-0.15, -0.1) is 0 Å². The van der Waals surface area contributed by atoms with Gasteiger partial charge in [0.15, 0.2) is 5.78 Å². The fraction of sp³-hybridized carbons (Fsp3) is 0.250. The van der Waals surface area contributed by atoms with E-state index in [4.69, 9.17) is 0 Å². The molecule has 6 heteroatoms. The van der Waals surface area contributed by atoms with Crippen molar-refractivity contribution in [2.75, 3.05) is 5.32 Å². The summed E-state index contributed by atoms with van der Waals surface area (Å²) >= 11 is 0. The second-order valence-corrected chi connectivity index (χ2v) is 6.49. The number of benzene rings is 2. The topological polar surface area (TPSA) is 75.3 Å². The van der Waals surface area contributed by atoms with Crippen LogP contribution in [-0.2, 0) is 16.1 Å². The number of anilines is 1. The third-order valence-electron chi connectivity index (χ3n) is 4.06. The molecule has 2 aromatic carbocycles. The number of carbonyl (C=O) groups is 3. The maximum Gasteiger partial charge on any atom is 0.239 e. The minimum atomic E-state index is -1.38. The average molecular weight is 356 g/mol. The molecule has 2 N–H and O–H groups in total. The number of ketones is 1. The molecule has 0 aliphatic carbocycles. The van der Waals surface area contributed by atoms with Gasteiger partial charge in [0.25, 0.3) is 0 Å². The van der Waals surface area contributed by atoms with Crippen molar-refractivity contribution in [3.8, 4) is 0 Å². The highest BCUT2D eigenvalue weighted by Crippen LogP contribution is 2.20. The van der Waals surface area contributed by atoms with Gasteiger partial charge in [0.05, 0.1) is 0 Å². The van der Waals surface area contributed by atoms with Crippen LogP contribution >= 0.6 is 0 Å². The average Bonchev–Trinajstić information content (AvgIpc) is 2.60. The molecular formula is C20H21FN2O3. The van der Waals surface area contributed by atoms with Crippen LogP contribution in [0.4, 0.5) is 10.1 Å². The molecule has 0 aliphatic rings. The van der Waals surface area contributed by atoms with Crippen LogP contribution in [0.1, 0.15) is 36.7 Å². The Morgan fingerprint density at radius 3 is 2.35 bits per heavy atom. The number of halogens is 1. The molecule has 0 saturated carbocycles. The number of hydrogen-bond donors (Lipinski definition) is 2. The molecule has 0 bridgehead atoms. The van der Waals surface area contributed by atoms with Crippen molar-refractivity contribution in [3.63, 3.8) is 0 Å². The molecule has 0 atom stereocenters. The molecule has 0 saturated heterocycles. The summed E-state index contributed by atoms with van der Waals surface area (Å²) in [4.78, 5) is 36.3. The molecule has 0 aliphatic heterocycles. The highest BCUT2D eigenvalue weighted by atomic mass is 19.1. The Labute approximate surface area is 151 Å². The third kappa shape index (κ3) is 4.53. The van der Waals surface area contributed by atoms with Crippen LogP contribution in [0.3, 0.4) is 0 Å². The molecule has 0 fully saturated rings. The quantitative estimate of drug-likeness (QED) is 0.616. The number of hydrogen-bond acceptors (Lipinski definition) is 3. The number of carbonyl (C=O) groups excluding carboxylic acids is 3. The summed E-state index contributed by atoms with van der Waals surface area (Å²) in [7, 11) is 0. The van der Waals surface area contributed by atoms with Crippen LogP contribution < -0.4 is 10.6 Å². The normalized spacial score (nSPS) is 10.9. The van der Waals surface area contributed by atoms with Crippen molar-refractivity contribution in [1.29, 1.82) is 0 Å². The van der Waals surface area contributed by atoms with E-state index in [-0.39, 0.29) is 12.3 Å². The van der Waals surface area contributed by atoms with E-state index in [0.29, 0.717) is 16.8 Å². The highest BCUT2D eigenvalue weighted by molar-refractivity contribution is 6.10. The van der Waals surface area contributed by atoms with Gasteiger partial charge in [0.1, 0.15) is 11.2 Å². The smallest absolute Gasteiger partial charge is 0.239 e. The van der Waals surface area contributed by atoms with E-state index in [1.165, 1.54) is 26.8 Å². The van der Waals surface area contributed by atoms with Gasteiger partial charge in [-0.1, -0.05) is 30.3 Å². The van der Waals surface area contributed by atoms with E-state index in [1.54, 1.807) is 42.5 Å². The van der Waals surface area contributed by atoms with E-state index < -0.39 is 23.0 Å². The van der Waals surface area contributed by atoms with Crippen molar-refractivity contribution in [2.24, 2.45) is 5.41 Å². The Hall–Kier alpha value is -3.02. The number of amides is 2. The molecule has 0 heterocycles. The largest absolute Gasteiger partial charge is 0.351 e. The Balaban J connectivity index is 2.04. The molecule has 0 radical (unpaired) electrons. The lowest BCUT2D eigenvalue weighted by Crippen LogP contribution is -2.45. The molecule has 2 aromatic rings. The first-order valence-corrected chi connectivity index (χ1v) is 8.16. The van der Waals surface area contributed by atoms with Crippen LogP contribution in [0.25, 0.3) is 0 Å². The number of Topliss-reactive ketones (excluding diaryl/α,β-unsaturated/α-hetero) is 1. The predicted octanol–water partition coefficient (Wildman–Crippen LogP) is 3.31. The molecule has 5 nitrogen and oxygen atoms in total. The lowest BCUT2D eigenvalue weighted by Gasteiger charge is -2.23. The van der Waals surface area contributed by atoms with E-state index in [0.717, 1.165) is 0 Å². The fourth-order valence-electron chi connectivity index (χ4n) is 2.24. The Morgan fingerprint density at radius 1 is 1.00 bits per heavy atom. The summed E-state index contributed by atoms with van der Waals surface area (Å²) in [5, 5.41) is 5.22. The molecule has 2 amide bonds. The van der Waals surface area contributed by atoms with Gasteiger partial charge in [0.2, 0.25) is 11.8 Å². The van der Waals surface area contributed by atoms with Gasteiger partial charge >= 0.3 is 0 Å². The Bertz CT molecular complexity index is 846. The summed E-state index contributed by atoms with van der Waals surface area (Å²) < 4.78 is 13.6. The summed E-state index contributed by atoms with van der Waals surface area (Å²) in [5.41, 5.74) is -0.147. The summed E-state index contributed by atoms with van der Waals surface area (Å²) in [6.07, 6.45) is 0. The van der Waals surface area contributed by atoms with Gasteiger partial charge in [-0.25, -0.2) is 4.39 Å². The van der Waals surface area contributed by atoms with Gasteiger partial charge in [-0.2, -0.15) is 0 Å². The van der Waals surface area contributed by atoms with Crippen molar-refractivity contribution in [1.82, 2.24) is 5.32 Å². The minimum absolute atomic E-state index is 0.0119. The van der Waals surface area contributed by atoms with Gasteiger partial charge < -0.3 is 10.6 Å². The standard InChI is InChI=1S/C20H21FN2O3/c1-13(24)14-8-6-9-16(11-14)23-19(26)20(2,3)18(25)22-12-15-7-4-5-10-17(15)21/h4-11H,12H2,1-3H3,(H,22,25)(H,23,26). The lowest BCUT2D eigenvalue weighted by molar-refractivity contribution is -0.138. The zero-order valence-electron chi connectivity index (χ0n) is 14.9. The summed E-state index contributed by atoms with van der Waals surface area (Å²) in [5.74, 6) is -1.59. The molecule has 136 valence electrons. The second kappa shape index (κ2) is 7.91. The fourth-order valence-corrected chi connectivity index (χ4v) is 2.24. The SMILES string of the molecule is CC(=O)c1cccc(NC(=O)C(C)(C)C(=O)NCc2ccccc2F)c1. The van der Waals surface area contributed by atoms with Gasteiger partial charge in [-0.3, -0.25) is 14.4 Å².